The van der Waals surface area contributed by atoms with Crippen molar-refractivity contribution in [3.05, 3.63) is 81.6 Å². The highest BCUT2D eigenvalue weighted by atomic mass is 35.5. The van der Waals surface area contributed by atoms with Crippen LogP contribution in [0.5, 0.6) is 11.6 Å². The van der Waals surface area contributed by atoms with Crippen molar-refractivity contribution in [2.75, 3.05) is 24.5 Å². The van der Waals surface area contributed by atoms with E-state index in [9.17, 15) is 14.9 Å². The van der Waals surface area contributed by atoms with Crippen LogP contribution in [-0.4, -0.2) is 51.4 Å². The largest absolute Gasteiger partial charge is 0.437 e. The smallest absolute Gasteiger partial charge is 0.269 e. The summed E-state index contributed by atoms with van der Waals surface area (Å²) in [5, 5.41) is 11.3. The number of nitrogens with zero attached hydrogens (tertiary/aromatic N) is 5. The zero-order chi connectivity index (χ0) is 22.7. The monoisotopic (exact) mass is 453 g/mol. The van der Waals surface area contributed by atoms with Crippen molar-refractivity contribution >= 4 is 29.0 Å². The van der Waals surface area contributed by atoms with E-state index in [-0.39, 0.29) is 17.6 Å². The second-order valence-corrected chi connectivity index (χ2v) is 7.75. The molecule has 32 heavy (non-hydrogen) atoms. The lowest BCUT2D eigenvalue weighted by Gasteiger charge is -2.40. The Bertz CT molecular complexity index is 1140. The molecular formula is C22H20ClN5O4. The molecule has 1 aromatic heterocycles. The van der Waals surface area contributed by atoms with Gasteiger partial charge in [-0.1, -0.05) is 23.7 Å². The molecule has 0 saturated carbocycles. The molecule has 2 aromatic carbocycles. The number of carbonyl (C=O) groups is 1. The fourth-order valence-electron chi connectivity index (χ4n) is 3.56. The van der Waals surface area contributed by atoms with Crippen molar-refractivity contribution in [2.24, 2.45) is 0 Å². The Labute approximate surface area is 189 Å². The zero-order valence-electron chi connectivity index (χ0n) is 17.2. The van der Waals surface area contributed by atoms with E-state index >= 15 is 0 Å². The molecule has 0 radical (unpaired) electrons. The standard InChI is InChI=1S/C22H20ClN5O4/c1-15-13-26(10-11-27(15)22(29)16-6-8-17(9-7-16)28(30)31)20-12-21(25-14-24-20)32-19-5-3-2-4-18(19)23/h2-9,12,14-15H,10-11,13H2,1H3. The summed E-state index contributed by atoms with van der Waals surface area (Å²) < 4.78 is 5.79. The van der Waals surface area contributed by atoms with Crippen LogP contribution in [0.4, 0.5) is 11.5 Å². The fraction of sp³-hybridized carbons (Fsp3) is 0.227. The first-order chi connectivity index (χ1) is 15.4. The molecule has 3 aromatic rings. The van der Waals surface area contributed by atoms with Crippen LogP contribution in [0.15, 0.2) is 60.9 Å². The van der Waals surface area contributed by atoms with Gasteiger partial charge in [-0.05, 0) is 31.2 Å². The van der Waals surface area contributed by atoms with Crippen molar-refractivity contribution in [2.45, 2.75) is 13.0 Å². The molecular weight excluding hydrogens is 434 g/mol. The Hall–Kier alpha value is -3.72. The van der Waals surface area contributed by atoms with E-state index in [1.807, 2.05) is 19.1 Å². The second kappa shape index (κ2) is 9.19. The molecule has 9 nitrogen and oxygen atoms in total. The Balaban J connectivity index is 1.43. The molecule has 1 saturated heterocycles. The average Bonchev–Trinajstić information content (AvgIpc) is 2.80. The number of benzene rings is 2. The molecule has 0 aliphatic carbocycles. The fourth-order valence-corrected chi connectivity index (χ4v) is 3.73. The molecule has 0 N–H and O–H groups in total. The van der Waals surface area contributed by atoms with Gasteiger partial charge < -0.3 is 14.5 Å². The number of carbonyl (C=O) groups excluding carboxylic acids is 1. The van der Waals surface area contributed by atoms with Gasteiger partial charge >= 0.3 is 0 Å². The predicted molar refractivity (Wildman–Crippen MR) is 119 cm³/mol. The number of anilines is 1. The highest BCUT2D eigenvalue weighted by molar-refractivity contribution is 6.32. The number of nitro benzene ring substituents is 1. The number of aromatic nitrogens is 2. The van der Waals surface area contributed by atoms with E-state index in [1.165, 1.54) is 30.6 Å². The molecule has 10 heteroatoms. The average molecular weight is 454 g/mol. The molecule has 1 unspecified atom stereocenters. The summed E-state index contributed by atoms with van der Waals surface area (Å²) in [6.45, 7) is 3.59. The van der Waals surface area contributed by atoms with Crippen LogP contribution in [0.25, 0.3) is 0 Å². The number of piperazine rings is 1. The number of hydrogen-bond acceptors (Lipinski definition) is 7. The van der Waals surface area contributed by atoms with Gasteiger partial charge in [-0.3, -0.25) is 14.9 Å². The maximum Gasteiger partial charge on any atom is 0.269 e. The van der Waals surface area contributed by atoms with E-state index in [2.05, 4.69) is 14.9 Å². The van der Waals surface area contributed by atoms with Gasteiger partial charge in [0, 0.05) is 49.4 Å². The first kappa shape index (κ1) is 21.5. The van der Waals surface area contributed by atoms with Crippen LogP contribution in [0.1, 0.15) is 17.3 Å². The van der Waals surface area contributed by atoms with Crippen LogP contribution >= 0.6 is 11.6 Å². The minimum absolute atomic E-state index is 0.0435. The van der Waals surface area contributed by atoms with E-state index in [0.29, 0.717) is 47.7 Å². The number of hydrogen-bond donors (Lipinski definition) is 0. The lowest BCUT2D eigenvalue weighted by atomic mass is 10.1. The summed E-state index contributed by atoms with van der Waals surface area (Å²) in [4.78, 5) is 35.6. The van der Waals surface area contributed by atoms with E-state index < -0.39 is 4.92 Å². The topological polar surface area (TPSA) is 102 Å². The zero-order valence-corrected chi connectivity index (χ0v) is 18.0. The number of nitro groups is 1. The minimum Gasteiger partial charge on any atom is -0.437 e. The summed E-state index contributed by atoms with van der Waals surface area (Å²) in [7, 11) is 0. The molecule has 1 aliphatic rings. The molecule has 0 bridgehead atoms. The Kier molecular flexibility index (Phi) is 6.18. The molecule has 1 aliphatic heterocycles. The van der Waals surface area contributed by atoms with Gasteiger partial charge in [-0.25, -0.2) is 9.97 Å². The quantitative estimate of drug-likeness (QED) is 0.421. The summed E-state index contributed by atoms with van der Waals surface area (Å²) in [5.41, 5.74) is 0.381. The lowest BCUT2D eigenvalue weighted by Crippen LogP contribution is -2.54. The van der Waals surface area contributed by atoms with Crippen molar-refractivity contribution in [3.63, 3.8) is 0 Å². The molecule has 0 spiro atoms. The van der Waals surface area contributed by atoms with Crippen LogP contribution in [0.2, 0.25) is 5.02 Å². The predicted octanol–water partition coefficient (Wildman–Crippen LogP) is 4.18. The number of amides is 1. The normalized spacial score (nSPS) is 16.0. The van der Waals surface area contributed by atoms with Crippen LogP contribution in [0, 0.1) is 10.1 Å². The molecule has 1 fully saturated rings. The van der Waals surface area contributed by atoms with Crippen LogP contribution < -0.4 is 9.64 Å². The minimum atomic E-state index is -0.485. The van der Waals surface area contributed by atoms with E-state index in [0.717, 1.165) is 0 Å². The molecule has 1 amide bonds. The van der Waals surface area contributed by atoms with Gasteiger partial charge in [0.1, 0.15) is 17.9 Å². The van der Waals surface area contributed by atoms with Crippen molar-refractivity contribution < 1.29 is 14.5 Å². The van der Waals surface area contributed by atoms with E-state index in [1.54, 1.807) is 23.1 Å². The Morgan fingerprint density at radius 1 is 1.16 bits per heavy atom. The van der Waals surface area contributed by atoms with Gasteiger partial charge in [0.05, 0.1) is 9.95 Å². The number of ether oxygens (including phenoxy) is 1. The van der Waals surface area contributed by atoms with Gasteiger partial charge in [-0.15, -0.1) is 0 Å². The number of para-hydroxylation sites is 1. The van der Waals surface area contributed by atoms with Gasteiger partial charge in [0.25, 0.3) is 11.6 Å². The van der Waals surface area contributed by atoms with E-state index in [4.69, 9.17) is 16.3 Å². The highest BCUT2D eigenvalue weighted by Crippen LogP contribution is 2.29. The Morgan fingerprint density at radius 2 is 1.91 bits per heavy atom. The van der Waals surface area contributed by atoms with Crippen molar-refractivity contribution in [1.29, 1.82) is 0 Å². The summed E-state index contributed by atoms with van der Waals surface area (Å²) in [6, 6.07) is 14.5. The molecule has 4 rings (SSSR count). The summed E-state index contributed by atoms with van der Waals surface area (Å²) in [6.07, 6.45) is 1.43. The van der Waals surface area contributed by atoms with Crippen molar-refractivity contribution in [3.8, 4) is 11.6 Å². The SMILES string of the molecule is CC1CN(c2cc(Oc3ccccc3Cl)ncn2)CCN1C(=O)c1ccc([N+](=O)[O-])cc1. The third-order valence-corrected chi connectivity index (χ3v) is 5.53. The summed E-state index contributed by atoms with van der Waals surface area (Å²) >= 11 is 6.15. The molecule has 164 valence electrons. The van der Waals surface area contributed by atoms with Crippen molar-refractivity contribution in [1.82, 2.24) is 14.9 Å². The number of rotatable bonds is 5. The lowest BCUT2D eigenvalue weighted by molar-refractivity contribution is -0.384. The van der Waals surface area contributed by atoms with Gasteiger partial charge in [0.2, 0.25) is 5.88 Å². The summed E-state index contributed by atoms with van der Waals surface area (Å²) in [5.74, 6) is 1.42. The second-order valence-electron chi connectivity index (χ2n) is 7.34. The maximum absolute atomic E-state index is 12.9. The number of halogens is 1. The van der Waals surface area contributed by atoms with Gasteiger partial charge in [-0.2, -0.15) is 0 Å². The Morgan fingerprint density at radius 3 is 2.59 bits per heavy atom. The molecule has 2 heterocycles. The third kappa shape index (κ3) is 4.62. The van der Waals surface area contributed by atoms with Crippen LogP contribution in [0.3, 0.4) is 0 Å². The highest BCUT2D eigenvalue weighted by Gasteiger charge is 2.29. The first-order valence-corrected chi connectivity index (χ1v) is 10.3. The first-order valence-electron chi connectivity index (χ1n) is 9.97. The molecule has 1 atom stereocenters. The van der Waals surface area contributed by atoms with Crippen LogP contribution in [-0.2, 0) is 0 Å². The maximum atomic E-state index is 12.9. The third-order valence-electron chi connectivity index (χ3n) is 5.22. The number of non-ortho nitro benzene ring substituents is 1. The van der Waals surface area contributed by atoms with Gasteiger partial charge in [0.15, 0.2) is 0 Å².